The number of nitrogens with zero attached hydrogens (tertiary/aromatic N) is 1. The van der Waals surface area contributed by atoms with Gasteiger partial charge in [-0.2, -0.15) is 0 Å². The Hall–Kier alpha value is -3.36. The van der Waals surface area contributed by atoms with E-state index < -0.39 is 0 Å². The first-order valence-corrected chi connectivity index (χ1v) is 11.7. The van der Waals surface area contributed by atoms with E-state index in [1.54, 1.807) is 0 Å². The van der Waals surface area contributed by atoms with Crippen molar-refractivity contribution in [1.82, 2.24) is 4.57 Å². The number of hydrogen-bond acceptors (Lipinski definition) is 0. The summed E-state index contributed by atoms with van der Waals surface area (Å²) < 4.78 is 3.49. The number of aromatic nitrogens is 1. The molecule has 0 saturated heterocycles. The summed E-state index contributed by atoms with van der Waals surface area (Å²) in [6.45, 7) is 0. The Morgan fingerprint density at radius 3 is 1.84 bits per heavy atom. The van der Waals surface area contributed by atoms with Crippen LogP contribution in [0, 0.1) is 0 Å². The predicted octanol–water partition coefficient (Wildman–Crippen LogP) is 7.72. The number of halogens is 1. The van der Waals surface area contributed by atoms with Gasteiger partial charge in [-0.25, -0.2) is 0 Å². The zero-order chi connectivity index (χ0) is 21.7. The van der Waals surface area contributed by atoms with Crippen molar-refractivity contribution in [3.8, 4) is 0 Å². The third kappa shape index (κ3) is 2.69. The highest BCUT2D eigenvalue weighted by atomic mass is 79.9. The molecule has 0 N–H and O–H groups in total. The number of hydrogen-bond donors (Lipinski definition) is 0. The van der Waals surface area contributed by atoms with Crippen LogP contribution < -0.4 is 0 Å². The Labute approximate surface area is 196 Å². The minimum Gasteiger partial charge on any atom is -0.346 e. The van der Waals surface area contributed by atoms with Gasteiger partial charge in [0.1, 0.15) is 0 Å². The van der Waals surface area contributed by atoms with E-state index in [0.717, 1.165) is 4.47 Å². The van der Waals surface area contributed by atoms with Gasteiger partial charge in [-0.1, -0.05) is 113 Å². The molecule has 1 aliphatic rings. The summed E-state index contributed by atoms with van der Waals surface area (Å²) >= 11 is 3.72. The van der Waals surface area contributed by atoms with Crippen molar-refractivity contribution in [2.75, 3.05) is 0 Å². The molecule has 0 saturated carbocycles. The van der Waals surface area contributed by atoms with Crippen LogP contribution in [0.4, 0.5) is 0 Å². The molecule has 0 aliphatic heterocycles. The minimum atomic E-state index is -0.372. The molecule has 0 atom stereocenters. The molecule has 2 heteroatoms. The van der Waals surface area contributed by atoms with Crippen LogP contribution in [0.3, 0.4) is 0 Å². The van der Waals surface area contributed by atoms with Gasteiger partial charge in [-0.05, 0) is 40.5 Å². The zero-order valence-electron chi connectivity index (χ0n) is 17.8. The highest BCUT2D eigenvalue weighted by molar-refractivity contribution is 9.10. The number of allylic oxidation sites excluding steroid dienone is 1. The topological polar surface area (TPSA) is 4.93 Å². The summed E-state index contributed by atoms with van der Waals surface area (Å²) in [6.07, 6.45) is 2.48. The van der Waals surface area contributed by atoms with Crippen LogP contribution in [0.15, 0.2) is 120 Å². The lowest BCUT2D eigenvalue weighted by atomic mass is 9.73. The highest BCUT2D eigenvalue weighted by Crippen LogP contribution is 2.54. The normalized spacial score (nSPS) is 14.4. The van der Waals surface area contributed by atoms with Gasteiger partial charge < -0.3 is 4.57 Å². The van der Waals surface area contributed by atoms with Crippen molar-refractivity contribution in [2.45, 2.75) is 5.41 Å². The third-order valence-corrected chi connectivity index (χ3v) is 7.20. The maximum absolute atomic E-state index is 3.72. The molecule has 5 aromatic rings. The lowest BCUT2D eigenvalue weighted by Gasteiger charge is -2.31. The number of rotatable bonds is 3. The standard InChI is InChI=1S/C30H22BrN/c1-32-27-18-17-24(31)19-25(27)28-26(21-11-5-2-6-12-21)20-30(29(28)32,22-13-7-3-8-14-22)23-15-9-4-10-16-23/h2-20H,1H3. The fraction of sp³-hybridized carbons (Fsp3) is 0.0667. The van der Waals surface area contributed by atoms with Gasteiger partial charge in [0.05, 0.1) is 5.41 Å². The average Bonchev–Trinajstić information content (AvgIpc) is 3.35. The fourth-order valence-electron chi connectivity index (χ4n) is 5.36. The van der Waals surface area contributed by atoms with E-state index in [-0.39, 0.29) is 5.41 Å². The quantitative estimate of drug-likeness (QED) is 0.251. The van der Waals surface area contributed by atoms with Gasteiger partial charge in [0.2, 0.25) is 0 Å². The molecule has 0 spiro atoms. The van der Waals surface area contributed by atoms with E-state index in [1.165, 1.54) is 44.4 Å². The van der Waals surface area contributed by atoms with E-state index in [1.807, 2.05) is 0 Å². The van der Waals surface area contributed by atoms with Gasteiger partial charge in [-0.3, -0.25) is 0 Å². The Bertz CT molecular complexity index is 1420. The lowest BCUT2D eigenvalue weighted by Crippen LogP contribution is -2.28. The SMILES string of the molecule is Cn1c2c(c3cc(Br)ccc31)C(c1ccccc1)=CC2(c1ccccc1)c1ccccc1. The van der Waals surface area contributed by atoms with Crippen molar-refractivity contribution < 1.29 is 0 Å². The summed E-state index contributed by atoms with van der Waals surface area (Å²) in [5.74, 6) is 0. The molecule has 6 rings (SSSR count). The third-order valence-electron chi connectivity index (χ3n) is 6.71. The van der Waals surface area contributed by atoms with Gasteiger partial charge in [0.15, 0.2) is 0 Å². The first-order chi connectivity index (χ1) is 15.7. The van der Waals surface area contributed by atoms with Crippen molar-refractivity contribution in [2.24, 2.45) is 7.05 Å². The second-order valence-corrected chi connectivity index (χ2v) is 9.32. The van der Waals surface area contributed by atoms with Crippen molar-refractivity contribution >= 4 is 32.4 Å². The molecule has 1 nitrogen and oxygen atoms in total. The molecular weight excluding hydrogens is 454 g/mol. The van der Waals surface area contributed by atoms with Crippen LogP contribution in [-0.4, -0.2) is 4.57 Å². The van der Waals surface area contributed by atoms with Crippen LogP contribution >= 0.6 is 15.9 Å². The van der Waals surface area contributed by atoms with E-state index in [0.29, 0.717) is 0 Å². The smallest absolute Gasteiger partial charge is 0.0800 e. The Morgan fingerprint density at radius 1 is 0.688 bits per heavy atom. The van der Waals surface area contributed by atoms with E-state index in [2.05, 4.69) is 143 Å². The monoisotopic (exact) mass is 475 g/mol. The van der Waals surface area contributed by atoms with E-state index in [4.69, 9.17) is 0 Å². The van der Waals surface area contributed by atoms with Gasteiger partial charge >= 0.3 is 0 Å². The molecule has 1 aliphatic carbocycles. The fourth-order valence-corrected chi connectivity index (χ4v) is 5.72. The molecule has 4 aromatic carbocycles. The molecule has 0 unspecified atom stereocenters. The molecule has 0 fully saturated rings. The summed E-state index contributed by atoms with van der Waals surface area (Å²) in [5, 5.41) is 1.28. The van der Waals surface area contributed by atoms with Crippen LogP contribution in [-0.2, 0) is 12.5 Å². The average molecular weight is 476 g/mol. The molecular formula is C30H22BrN. The van der Waals surface area contributed by atoms with Crippen molar-refractivity contribution in [3.63, 3.8) is 0 Å². The first kappa shape index (κ1) is 19.3. The zero-order valence-corrected chi connectivity index (χ0v) is 19.4. The van der Waals surface area contributed by atoms with Gasteiger partial charge in [0.25, 0.3) is 0 Å². The summed E-state index contributed by atoms with van der Waals surface area (Å²) in [4.78, 5) is 0. The van der Waals surface area contributed by atoms with Crippen LogP contribution in [0.2, 0.25) is 0 Å². The predicted molar refractivity (Wildman–Crippen MR) is 137 cm³/mol. The Kier molecular flexibility index (Phi) is 4.44. The maximum Gasteiger partial charge on any atom is 0.0800 e. The second-order valence-electron chi connectivity index (χ2n) is 8.41. The van der Waals surface area contributed by atoms with Gasteiger partial charge in [0, 0.05) is 33.7 Å². The van der Waals surface area contributed by atoms with Gasteiger partial charge in [-0.15, -0.1) is 0 Å². The first-order valence-electron chi connectivity index (χ1n) is 10.9. The molecule has 154 valence electrons. The minimum absolute atomic E-state index is 0.372. The molecule has 32 heavy (non-hydrogen) atoms. The Morgan fingerprint density at radius 2 is 1.25 bits per heavy atom. The number of fused-ring (bicyclic) bond motifs is 3. The molecule has 0 radical (unpaired) electrons. The molecule has 0 bridgehead atoms. The molecule has 1 aromatic heterocycles. The molecule has 1 heterocycles. The second kappa shape index (κ2) is 7.36. The van der Waals surface area contributed by atoms with Crippen molar-refractivity contribution in [3.05, 3.63) is 148 Å². The van der Waals surface area contributed by atoms with Crippen molar-refractivity contribution in [1.29, 1.82) is 0 Å². The van der Waals surface area contributed by atoms with E-state index in [9.17, 15) is 0 Å². The Balaban J connectivity index is 1.82. The van der Waals surface area contributed by atoms with Crippen LogP contribution in [0.1, 0.15) is 27.9 Å². The largest absolute Gasteiger partial charge is 0.346 e. The maximum atomic E-state index is 3.72. The highest BCUT2D eigenvalue weighted by Gasteiger charge is 2.45. The molecule has 0 amide bonds. The number of aryl methyl sites for hydroxylation is 1. The van der Waals surface area contributed by atoms with Crippen LogP contribution in [0.5, 0.6) is 0 Å². The summed E-state index contributed by atoms with van der Waals surface area (Å²) in [5.41, 5.74) is 8.61. The van der Waals surface area contributed by atoms with Crippen LogP contribution in [0.25, 0.3) is 16.5 Å². The number of benzene rings is 4. The summed E-state index contributed by atoms with van der Waals surface area (Å²) in [7, 11) is 2.21. The lowest BCUT2D eigenvalue weighted by molar-refractivity contribution is 0.708. The summed E-state index contributed by atoms with van der Waals surface area (Å²) in [6, 6.07) is 39.2. The van der Waals surface area contributed by atoms with E-state index >= 15 is 0 Å².